The second kappa shape index (κ2) is 3.21. The first-order valence-corrected chi connectivity index (χ1v) is 4.07. The van der Waals surface area contributed by atoms with E-state index in [-0.39, 0.29) is 0 Å². The second-order valence-corrected chi connectivity index (χ2v) is 3.32. The van der Waals surface area contributed by atoms with E-state index in [1.807, 2.05) is 0 Å². The molecule has 0 fully saturated rings. The van der Waals surface area contributed by atoms with Crippen molar-refractivity contribution >= 4 is 17.5 Å². The number of rotatable bonds is 2. The third-order valence-corrected chi connectivity index (χ3v) is 2.49. The highest BCUT2D eigenvalue weighted by molar-refractivity contribution is 7.06. The van der Waals surface area contributed by atoms with Crippen LogP contribution < -0.4 is 5.73 Å². The number of alkyl halides is 3. The maximum atomic E-state index is 12.4. The molecule has 4 nitrogen and oxygen atoms in total. The SMILES string of the molecule is NC(C(=O)O)(c1ccns1)C(F)(F)F. The molecule has 14 heavy (non-hydrogen) atoms. The van der Waals surface area contributed by atoms with Crippen LogP contribution in [0.25, 0.3) is 0 Å². The zero-order valence-electron chi connectivity index (χ0n) is 6.58. The van der Waals surface area contributed by atoms with Crippen LogP contribution in [0.4, 0.5) is 13.2 Å². The number of hydrogen-bond acceptors (Lipinski definition) is 4. The third kappa shape index (κ3) is 1.46. The summed E-state index contributed by atoms with van der Waals surface area (Å²) in [4.78, 5) is 9.96. The number of hydrogen-bond donors (Lipinski definition) is 2. The largest absolute Gasteiger partial charge is 0.479 e. The van der Waals surface area contributed by atoms with Crippen LogP contribution in [0, 0.1) is 0 Å². The minimum Gasteiger partial charge on any atom is -0.479 e. The van der Waals surface area contributed by atoms with Gasteiger partial charge in [-0.1, -0.05) is 0 Å². The Balaban J connectivity index is 3.27. The second-order valence-electron chi connectivity index (χ2n) is 2.49. The number of halogens is 3. The maximum absolute atomic E-state index is 12.4. The van der Waals surface area contributed by atoms with Crippen LogP contribution in [-0.2, 0) is 10.3 Å². The van der Waals surface area contributed by atoms with E-state index in [0.717, 1.165) is 12.3 Å². The van der Waals surface area contributed by atoms with E-state index >= 15 is 0 Å². The number of carboxylic acids is 1. The quantitative estimate of drug-likeness (QED) is 0.786. The van der Waals surface area contributed by atoms with Gasteiger partial charge in [0.1, 0.15) is 0 Å². The Kier molecular flexibility index (Phi) is 2.50. The van der Waals surface area contributed by atoms with Crippen molar-refractivity contribution in [2.45, 2.75) is 11.7 Å². The Morgan fingerprint density at radius 1 is 1.57 bits per heavy atom. The molecule has 1 aromatic rings. The number of carbonyl (C=O) groups is 1. The highest BCUT2D eigenvalue weighted by Gasteiger charge is 2.60. The average molecular weight is 226 g/mol. The van der Waals surface area contributed by atoms with Gasteiger partial charge in [-0.3, -0.25) is 0 Å². The molecule has 0 amide bonds. The van der Waals surface area contributed by atoms with Crippen LogP contribution in [0.15, 0.2) is 12.3 Å². The molecule has 0 bridgehead atoms. The zero-order chi connectivity index (χ0) is 11.0. The molecule has 1 heterocycles. The minimum absolute atomic E-state index is 0.409. The van der Waals surface area contributed by atoms with Gasteiger partial charge < -0.3 is 10.8 Å². The molecule has 0 saturated carbocycles. The molecule has 78 valence electrons. The standard InChI is InChI=1S/C6H5F3N2O2S/c7-6(8,9)5(10,4(12)13)3-1-2-11-14-3/h1-2H,10H2,(H,12,13). The summed E-state index contributed by atoms with van der Waals surface area (Å²) in [5.41, 5.74) is 1.46. The monoisotopic (exact) mass is 226 g/mol. The van der Waals surface area contributed by atoms with E-state index in [2.05, 4.69) is 4.37 Å². The Morgan fingerprint density at radius 3 is 2.43 bits per heavy atom. The summed E-state index contributed by atoms with van der Waals surface area (Å²) in [5, 5.41) is 8.47. The van der Waals surface area contributed by atoms with E-state index in [9.17, 15) is 18.0 Å². The van der Waals surface area contributed by atoms with E-state index in [1.54, 1.807) is 0 Å². The summed E-state index contributed by atoms with van der Waals surface area (Å²) in [5.74, 6) is -2.14. The van der Waals surface area contributed by atoms with Gasteiger partial charge in [0.05, 0.1) is 4.88 Å². The Hall–Kier alpha value is -1.15. The van der Waals surface area contributed by atoms with Gasteiger partial charge in [-0.2, -0.15) is 13.2 Å². The molecule has 1 aromatic heterocycles. The molecule has 0 aliphatic rings. The molecule has 1 rings (SSSR count). The topological polar surface area (TPSA) is 76.2 Å². The van der Waals surface area contributed by atoms with E-state index in [0.29, 0.717) is 11.5 Å². The summed E-state index contributed by atoms with van der Waals surface area (Å²) in [6.07, 6.45) is -3.98. The van der Waals surface area contributed by atoms with Gasteiger partial charge in [-0.25, -0.2) is 9.17 Å². The number of aromatic nitrogens is 1. The molecule has 0 aliphatic carbocycles. The lowest BCUT2D eigenvalue weighted by atomic mass is 9.99. The molecule has 3 N–H and O–H groups in total. The zero-order valence-corrected chi connectivity index (χ0v) is 7.39. The number of aliphatic carboxylic acids is 1. The fraction of sp³-hybridized carbons (Fsp3) is 0.333. The van der Waals surface area contributed by atoms with Gasteiger partial charge in [-0.05, 0) is 17.6 Å². The summed E-state index contributed by atoms with van der Waals surface area (Å²) < 4.78 is 40.6. The van der Waals surface area contributed by atoms with E-state index < -0.39 is 22.6 Å². The van der Waals surface area contributed by atoms with Gasteiger partial charge in [0.2, 0.25) is 5.54 Å². The molecule has 1 atom stereocenters. The Labute approximate surface area is 80.3 Å². The van der Waals surface area contributed by atoms with Crippen LogP contribution in [0.2, 0.25) is 0 Å². The summed E-state index contributed by atoms with van der Waals surface area (Å²) in [6.45, 7) is 0. The molecule has 0 aliphatic heterocycles. The first-order valence-electron chi connectivity index (χ1n) is 3.30. The van der Waals surface area contributed by atoms with Gasteiger partial charge in [-0.15, -0.1) is 0 Å². The number of carboxylic acid groups (broad SMARTS) is 1. The molecule has 1 unspecified atom stereocenters. The van der Waals surface area contributed by atoms with Gasteiger partial charge in [0.15, 0.2) is 0 Å². The molecule has 8 heteroatoms. The van der Waals surface area contributed by atoms with Gasteiger partial charge in [0.25, 0.3) is 0 Å². The van der Waals surface area contributed by atoms with Crippen molar-refractivity contribution in [3.05, 3.63) is 17.1 Å². The van der Waals surface area contributed by atoms with Crippen LogP contribution in [0.3, 0.4) is 0 Å². The summed E-state index contributed by atoms with van der Waals surface area (Å²) in [6, 6.07) is 0.937. The first-order chi connectivity index (χ1) is 6.30. The number of nitrogens with zero attached hydrogens (tertiary/aromatic N) is 1. The van der Waals surface area contributed by atoms with Crippen molar-refractivity contribution in [2.24, 2.45) is 5.73 Å². The first kappa shape index (κ1) is 10.9. The van der Waals surface area contributed by atoms with Crippen LogP contribution >= 0.6 is 11.5 Å². The van der Waals surface area contributed by atoms with Gasteiger partial charge in [0, 0.05) is 6.20 Å². The predicted molar refractivity (Wildman–Crippen MR) is 41.7 cm³/mol. The molecule has 0 saturated heterocycles. The lowest BCUT2D eigenvalue weighted by molar-refractivity contribution is -0.204. The lowest BCUT2D eigenvalue weighted by Gasteiger charge is -2.25. The minimum atomic E-state index is -5.05. The Bertz CT molecular complexity index is 337. The van der Waals surface area contributed by atoms with Crippen LogP contribution in [0.5, 0.6) is 0 Å². The third-order valence-electron chi connectivity index (χ3n) is 1.61. The van der Waals surface area contributed by atoms with Crippen molar-refractivity contribution in [3.63, 3.8) is 0 Å². The fourth-order valence-electron chi connectivity index (χ4n) is 0.786. The van der Waals surface area contributed by atoms with E-state index in [4.69, 9.17) is 10.8 Å². The van der Waals surface area contributed by atoms with Crippen molar-refractivity contribution in [1.29, 1.82) is 0 Å². The van der Waals surface area contributed by atoms with Crippen molar-refractivity contribution in [3.8, 4) is 0 Å². The maximum Gasteiger partial charge on any atom is 0.422 e. The van der Waals surface area contributed by atoms with Crippen LogP contribution in [-0.4, -0.2) is 21.6 Å². The molecule has 0 spiro atoms. The fourth-order valence-corrected chi connectivity index (χ4v) is 1.49. The highest BCUT2D eigenvalue weighted by atomic mass is 32.1. The van der Waals surface area contributed by atoms with Crippen molar-refractivity contribution in [2.75, 3.05) is 0 Å². The van der Waals surface area contributed by atoms with Crippen molar-refractivity contribution in [1.82, 2.24) is 4.37 Å². The number of nitrogens with two attached hydrogens (primary N) is 1. The smallest absolute Gasteiger partial charge is 0.422 e. The normalized spacial score (nSPS) is 16.3. The summed E-state index contributed by atoms with van der Waals surface area (Å²) >= 11 is 0.409. The lowest BCUT2D eigenvalue weighted by Crippen LogP contribution is -2.56. The van der Waals surface area contributed by atoms with Crippen molar-refractivity contribution < 1.29 is 23.1 Å². The molecule has 0 radical (unpaired) electrons. The predicted octanol–water partition coefficient (Wildman–Crippen LogP) is 0.944. The summed E-state index contributed by atoms with van der Waals surface area (Å²) in [7, 11) is 0. The Morgan fingerprint density at radius 2 is 2.14 bits per heavy atom. The van der Waals surface area contributed by atoms with Gasteiger partial charge >= 0.3 is 12.1 Å². The highest BCUT2D eigenvalue weighted by Crippen LogP contribution is 2.38. The van der Waals surface area contributed by atoms with Crippen LogP contribution in [0.1, 0.15) is 4.88 Å². The molecular weight excluding hydrogens is 221 g/mol. The average Bonchev–Trinajstić information content (AvgIpc) is 2.52. The van der Waals surface area contributed by atoms with E-state index in [1.165, 1.54) is 0 Å². The molecular formula is C6H5F3N2O2S. The molecule has 0 aromatic carbocycles.